The van der Waals surface area contributed by atoms with Crippen molar-refractivity contribution in [3.63, 3.8) is 0 Å². The van der Waals surface area contributed by atoms with Crippen molar-refractivity contribution < 1.29 is 23.4 Å². The summed E-state index contributed by atoms with van der Waals surface area (Å²) in [5.74, 6) is 1.90. The maximum Gasteiger partial charge on any atom is 0.179 e. The van der Waals surface area contributed by atoms with E-state index in [2.05, 4.69) is 11.7 Å². The van der Waals surface area contributed by atoms with Crippen molar-refractivity contribution in [2.24, 2.45) is 10.7 Å². The number of rotatable bonds is 9. The molecule has 0 aliphatic rings. The van der Waals surface area contributed by atoms with Crippen molar-refractivity contribution in [2.75, 3.05) is 20.1 Å². The number of nitrogens with zero attached hydrogens (tertiary/aromatic N) is 2. The molecule has 0 spiro atoms. The van der Waals surface area contributed by atoms with Crippen molar-refractivity contribution in [1.82, 2.24) is 0 Å². The van der Waals surface area contributed by atoms with Gasteiger partial charge in [-0.1, -0.05) is 12.1 Å². The number of methoxy groups -OCH3 is 2. The van der Waals surface area contributed by atoms with Crippen LogP contribution in [-0.4, -0.2) is 33.1 Å². The Morgan fingerprint density at radius 3 is 2.24 bits per heavy atom. The third kappa shape index (κ3) is 7.33. The van der Waals surface area contributed by atoms with Crippen LogP contribution in [0.4, 0.5) is 10.1 Å². The van der Waals surface area contributed by atoms with Crippen molar-refractivity contribution in [3.05, 3.63) is 77.6 Å². The number of thioether (sulfide) groups is 1. The lowest BCUT2D eigenvalue weighted by Crippen LogP contribution is -2.08. The maximum absolute atomic E-state index is 12.8. The van der Waals surface area contributed by atoms with E-state index in [1.807, 2.05) is 12.1 Å². The molecule has 7 nitrogen and oxygen atoms in total. The molecule has 0 fully saturated rings. The summed E-state index contributed by atoms with van der Waals surface area (Å²) in [6.07, 6.45) is -0.153. The minimum Gasteiger partial charge on any atom is -0.493 e. The molecule has 34 heavy (non-hydrogen) atoms. The normalized spacial score (nSPS) is 10.7. The quantitative estimate of drug-likeness (QED) is 0.197. The van der Waals surface area contributed by atoms with E-state index >= 15 is 0 Å². The van der Waals surface area contributed by atoms with Gasteiger partial charge in [0.05, 0.1) is 31.5 Å². The van der Waals surface area contributed by atoms with Crippen LogP contribution in [0.3, 0.4) is 0 Å². The van der Waals surface area contributed by atoms with E-state index in [9.17, 15) is 9.18 Å². The van der Waals surface area contributed by atoms with Crippen molar-refractivity contribution in [2.45, 2.75) is 11.0 Å². The molecule has 0 saturated heterocycles. The van der Waals surface area contributed by atoms with E-state index in [4.69, 9.17) is 25.2 Å². The highest BCUT2D eigenvalue weighted by Gasteiger charge is 2.12. The minimum atomic E-state index is -0.798. The second kappa shape index (κ2) is 13.6. The molecule has 0 amide bonds. The molecule has 1 unspecified atom stereocenters. The van der Waals surface area contributed by atoms with Gasteiger partial charge in [0, 0.05) is 16.8 Å². The number of benzene rings is 3. The predicted octanol–water partition coefficient (Wildman–Crippen LogP) is 5.06. The topological polar surface area (TPSA) is 107 Å². The van der Waals surface area contributed by atoms with Gasteiger partial charge in [0.25, 0.3) is 0 Å². The van der Waals surface area contributed by atoms with E-state index in [-0.39, 0.29) is 5.82 Å². The van der Waals surface area contributed by atoms with Crippen LogP contribution in [0.5, 0.6) is 17.2 Å². The van der Waals surface area contributed by atoms with E-state index in [0.29, 0.717) is 40.5 Å². The summed E-state index contributed by atoms with van der Waals surface area (Å²) in [6.45, 7) is 3.50. The molecule has 176 valence electrons. The molecule has 0 saturated carbocycles. The first-order valence-electron chi connectivity index (χ1n) is 9.92. The molecular formula is C25H24FN3O4S. The lowest BCUT2D eigenvalue weighted by Gasteiger charge is -2.13. The third-order valence-electron chi connectivity index (χ3n) is 4.44. The van der Waals surface area contributed by atoms with Gasteiger partial charge in [0.15, 0.2) is 23.9 Å². The van der Waals surface area contributed by atoms with Crippen LogP contribution in [0.2, 0.25) is 0 Å². The number of halogens is 1. The van der Waals surface area contributed by atoms with Gasteiger partial charge in [-0.3, -0.25) is 9.79 Å². The number of hydrogen-bond donors (Lipinski definition) is 1. The molecule has 3 aromatic rings. The summed E-state index contributed by atoms with van der Waals surface area (Å²) in [6, 6.07) is 17.6. The fourth-order valence-corrected chi connectivity index (χ4v) is 3.40. The highest BCUT2D eigenvalue weighted by molar-refractivity contribution is 7.99. The molecule has 0 aliphatic heterocycles. The molecule has 0 bridgehead atoms. The van der Waals surface area contributed by atoms with Crippen LogP contribution >= 0.6 is 11.8 Å². The fraction of sp³-hybridized carbons (Fsp3) is 0.160. The summed E-state index contributed by atoms with van der Waals surface area (Å²) < 4.78 is 28.6. The smallest absolute Gasteiger partial charge is 0.179 e. The second-order valence-electron chi connectivity index (χ2n) is 6.51. The summed E-state index contributed by atoms with van der Waals surface area (Å²) in [4.78, 5) is 15.9. The Morgan fingerprint density at radius 1 is 1.12 bits per heavy atom. The first kappa shape index (κ1) is 26.4. The Bertz CT molecular complexity index is 1130. The SMILES string of the molecule is C=Nc1cc(OC)c(OC)cc1SCN.N#Cc1ccc(OC(C=O)c2ccc(F)cc2)cc1. The summed E-state index contributed by atoms with van der Waals surface area (Å²) in [7, 11) is 3.18. The van der Waals surface area contributed by atoms with Crippen LogP contribution in [0, 0.1) is 17.1 Å². The molecule has 3 rings (SSSR count). The average Bonchev–Trinajstić information content (AvgIpc) is 2.88. The van der Waals surface area contributed by atoms with Gasteiger partial charge in [-0.25, -0.2) is 4.39 Å². The number of aldehydes is 1. The lowest BCUT2D eigenvalue weighted by molar-refractivity contribution is -0.113. The zero-order valence-corrected chi connectivity index (χ0v) is 19.5. The van der Waals surface area contributed by atoms with E-state index in [1.165, 1.54) is 36.0 Å². The second-order valence-corrected chi connectivity index (χ2v) is 7.57. The molecule has 2 N–H and O–H groups in total. The van der Waals surface area contributed by atoms with Gasteiger partial charge in [-0.15, -0.1) is 11.8 Å². The van der Waals surface area contributed by atoms with Crippen LogP contribution in [0.1, 0.15) is 17.2 Å². The number of hydrogen-bond acceptors (Lipinski definition) is 8. The van der Waals surface area contributed by atoms with E-state index < -0.39 is 6.10 Å². The van der Waals surface area contributed by atoms with Crippen LogP contribution in [0.25, 0.3) is 0 Å². The molecule has 0 aliphatic carbocycles. The van der Waals surface area contributed by atoms with E-state index in [0.717, 1.165) is 10.6 Å². The molecule has 1 atom stereocenters. The van der Waals surface area contributed by atoms with Crippen LogP contribution < -0.4 is 19.9 Å². The Labute approximate surface area is 202 Å². The van der Waals surface area contributed by atoms with Gasteiger partial charge < -0.3 is 19.9 Å². The number of ether oxygens (including phenoxy) is 3. The average molecular weight is 482 g/mol. The lowest BCUT2D eigenvalue weighted by atomic mass is 10.1. The zero-order chi connectivity index (χ0) is 24.9. The summed E-state index contributed by atoms with van der Waals surface area (Å²) in [5.41, 5.74) is 7.31. The van der Waals surface area contributed by atoms with E-state index in [1.54, 1.807) is 44.6 Å². The highest BCUT2D eigenvalue weighted by atomic mass is 32.2. The number of nitrogens with two attached hydrogens (primary N) is 1. The number of carbonyl (C=O) groups is 1. The monoisotopic (exact) mass is 481 g/mol. The van der Waals surface area contributed by atoms with Crippen molar-refractivity contribution in [1.29, 1.82) is 5.26 Å². The molecule has 0 heterocycles. The standard InChI is InChI=1S/C15H10FNO2.C10H14N2O2S/c16-13-5-3-12(4-6-13)15(10-18)19-14-7-1-11(9-17)2-8-14;1-12-7-4-8(13-2)9(14-3)5-10(7)15-6-11/h1-8,10,15H;4-5H,1,6,11H2,2-3H3. The maximum atomic E-state index is 12.8. The number of carbonyl (C=O) groups excluding carboxylic acids is 1. The highest BCUT2D eigenvalue weighted by Crippen LogP contribution is 2.39. The molecule has 0 radical (unpaired) electrons. The van der Waals surface area contributed by atoms with Crippen molar-refractivity contribution >= 4 is 30.5 Å². The van der Waals surface area contributed by atoms with Gasteiger partial charge in [-0.2, -0.15) is 5.26 Å². The van der Waals surface area contributed by atoms with Gasteiger partial charge >= 0.3 is 0 Å². The number of nitriles is 1. The van der Waals surface area contributed by atoms with Gasteiger partial charge in [0.2, 0.25) is 0 Å². The first-order chi connectivity index (χ1) is 16.5. The van der Waals surface area contributed by atoms with Gasteiger partial charge in [0.1, 0.15) is 11.6 Å². The first-order valence-corrected chi connectivity index (χ1v) is 10.9. The fourth-order valence-electron chi connectivity index (χ4n) is 2.76. The Hall–Kier alpha value is -3.87. The van der Waals surface area contributed by atoms with Crippen LogP contribution in [0.15, 0.2) is 70.6 Å². The van der Waals surface area contributed by atoms with Crippen LogP contribution in [-0.2, 0) is 4.79 Å². The number of aliphatic imine (C=N–C) groups is 1. The summed E-state index contributed by atoms with van der Waals surface area (Å²) in [5, 5.41) is 8.68. The third-order valence-corrected chi connectivity index (χ3v) is 5.25. The Kier molecular flexibility index (Phi) is 10.6. The Morgan fingerprint density at radius 2 is 1.74 bits per heavy atom. The molecular weight excluding hydrogens is 457 g/mol. The minimum absolute atomic E-state index is 0.369. The van der Waals surface area contributed by atoms with Crippen molar-refractivity contribution in [3.8, 4) is 23.3 Å². The molecule has 3 aromatic carbocycles. The largest absolute Gasteiger partial charge is 0.493 e. The Balaban J connectivity index is 0.000000248. The summed E-state index contributed by atoms with van der Waals surface area (Å²) >= 11 is 1.48. The zero-order valence-electron chi connectivity index (χ0n) is 18.7. The molecule has 0 aromatic heterocycles. The van der Waals surface area contributed by atoms with Gasteiger partial charge in [-0.05, 0) is 54.7 Å². The predicted molar refractivity (Wildman–Crippen MR) is 131 cm³/mol. The molecule has 9 heteroatoms.